The van der Waals surface area contributed by atoms with Gasteiger partial charge in [-0.05, 0) is 31.2 Å². The Bertz CT molecular complexity index is 310. The maximum Gasteiger partial charge on any atom is 0.305 e. The SMILES string of the molecule is C[C@H](CC(=O)O)Nc1ccc(F)cc1. The van der Waals surface area contributed by atoms with Crippen LogP contribution in [0.15, 0.2) is 24.3 Å². The van der Waals surface area contributed by atoms with Crippen molar-refractivity contribution in [3.63, 3.8) is 0 Å². The highest BCUT2D eigenvalue weighted by molar-refractivity contribution is 5.68. The van der Waals surface area contributed by atoms with Gasteiger partial charge in [-0.3, -0.25) is 4.79 Å². The van der Waals surface area contributed by atoms with Crippen LogP contribution in [0, 0.1) is 5.82 Å². The van der Waals surface area contributed by atoms with E-state index in [-0.39, 0.29) is 18.3 Å². The summed E-state index contributed by atoms with van der Waals surface area (Å²) in [5, 5.41) is 11.5. The van der Waals surface area contributed by atoms with Crippen LogP contribution in [-0.2, 0) is 4.79 Å². The molecule has 1 aromatic carbocycles. The quantitative estimate of drug-likeness (QED) is 0.777. The number of anilines is 1. The lowest BCUT2D eigenvalue weighted by Crippen LogP contribution is -2.19. The average molecular weight is 197 g/mol. The first-order chi connectivity index (χ1) is 6.58. The molecule has 0 spiro atoms. The van der Waals surface area contributed by atoms with Gasteiger partial charge in [-0.1, -0.05) is 0 Å². The second kappa shape index (κ2) is 4.60. The van der Waals surface area contributed by atoms with E-state index >= 15 is 0 Å². The normalized spacial score (nSPS) is 12.1. The summed E-state index contributed by atoms with van der Waals surface area (Å²) in [4.78, 5) is 10.4. The number of benzene rings is 1. The van der Waals surface area contributed by atoms with Crippen LogP contribution < -0.4 is 5.32 Å². The minimum absolute atomic E-state index is 0.0391. The summed E-state index contributed by atoms with van der Waals surface area (Å²) in [5.41, 5.74) is 0.722. The van der Waals surface area contributed by atoms with Crippen LogP contribution in [0.2, 0.25) is 0 Å². The Hall–Kier alpha value is -1.58. The lowest BCUT2D eigenvalue weighted by atomic mass is 10.2. The van der Waals surface area contributed by atoms with E-state index in [0.29, 0.717) is 0 Å². The van der Waals surface area contributed by atoms with Crippen molar-refractivity contribution >= 4 is 11.7 Å². The fraction of sp³-hybridized carbons (Fsp3) is 0.300. The molecule has 0 bridgehead atoms. The summed E-state index contributed by atoms with van der Waals surface area (Å²) in [6, 6.07) is 5.64. The highest BCUT2D eigenvalue weighted by Gasteiger charge is 2.06. The summed E-state index contributed by atoms with van der Waals surface area (Å²) < 4.78 is 12.5. The Kier molecular flexibility index (Phi) is 3.45. The minimum atomic E-state index is -0.855. The second-order valence-corrected chi connectivity index (χ2v) is 3.15. The molecule has 0 aliphatic carbocycles. The maximum absolute atomic E-state index is 12.5. The fourth-order valence-electron chi connectivity index (χ4n) is 1.14. The smallest absolute Gasteiger partial charge is 0.305 e. The van der Waals surface area contributed by atoms with E-state index in [1.165, 1.54) is 12.1 Å². The molecule has 1 aromatic rings. The molecule has 0 amide bonds. The van der Waals surface area contributed by atoms with Gasteiger partial charge in [0.15, 0.2) is 0 Å². The molecular formula is C10H12FNO2. The molecule has 0 heterocycles. The first-order valence-corrected chi connectivity index (χ1v) is 4.32. The number of aliphatic carboxylic acids is 1. The molecule has 0 saturated heterocycles. The third kappa shape index (κ3) is 3.43. The molecule has 0 aliphatic rings. The van der Waals surface area contributed by atoms with Crippen LogP contribution in [0.5, 0.6) is 0 Å². The van der Waals surface area contributed by atoms with Gasteiger partial charge >= 0.3 is 5.97 Å². The van der Waals surface area contributed by atoms with Crippen molar-refractivity contribution in [1.82, 2.24) is 0 Å². The van der Waals surface area contributed by atoms with Gasteiger partial charge in [-0.15, -0.1) is 0 Å². The third-order valence-electron chi connectivity index (χ3n) is 1.74. The number of rotatable bonds is 4. The predicted molar refractivity (Wildman–Crippen MR) is 51.7 cm³/mol. The zero-order valence-electron chi connectivity index (χ0n) is 7.83. The van der Waals surface area contributed by atoms with Gasteiger partial charge in [0.2, 0.25) is 0 Å². The zero-order valence-corrected chi connectivity index (χ0v) is 7.83. The summed E-state index contributed by atoms with van der Waals surface area (Å²) in [5.74, 6) is -1.16. The summed E-state index contributed by atoms with van der Waals surface area (Å²) in [7, 11) is 0. The van der Waals surface area contributed by atoms with Crippen molar-refractivity contribution in [1.29, 1.82) is 0 Å². The van der Waals surface area contributed by atoms with Crippen molar-refractivity contribution in [2.24, 2.45) is 0 Å². The molecule has 0 aliphatic heterocycles. The third-order valence-corrected chi connectivity index (χ3v) is 1.74. The molecule has 0 fully saturated rings. The van der Waals surface area contributed by atoms with Crippen molar-refractivity contribution < 1.29 is 14.3 Å². The zero-order chi connectivity index (χ0) is 10.6. The molecule has 0 unspecified atom stereocenters. The molecule has 0 saturated carbocycles. The van der Waals surface area contributed by atoms with Gasteiger partial charge in [-0.2, -0.15) is 0 Å². The molecule has 76 valence electrons. The average Bonchev–Trinajstić information content (AvgIpc) is 2.07. The molecule has 1 rings (SSSR count). The van der Waals surface area contributed by atoms with Crippen molar-refractivity contribution in [3.8, 4) is 0 Å². The van der Waals surface area contributed by atoms with Gasteiger partial charge in [0.1, 0.15) is 5.82 Å². The highest BCUT2D eigenvalue weighted by atomic mass is 19.1. The van der Waals surface area contributed by atoms with Crippen LogP contribution >= 0.6 is 0 Å². The Morgan fingerprint density at radius 3 is 2.57 bits per heavy atom. The number of carbonyl (C=O) groups is 1. The van der Waals surface area contributed by atoms with Crippen LogP contribution in [-0.4, -0.2) is 17.1 Å². The van der Waals surface area contributed by atoms with Crippen LogP contribution in [0.4, 0.5) is 10.1 Å². The number of carboxylic acid groups (broad SMARTS) is 1. The van der Waals surface area contributed by atoms with Crippen molar-refractivity contribution in [2.45, 2.75) is 19.4 Å². The molecule has 4 heteroatoms. The molecule has 2 N–H and O–H groups in total. The maximum atomic E-state index is 12.5. The van der Waals surface area contributed by atoms with E-state index in [9.17, 15) is 9.18 Å². The minimum Gasteiger partial charge on any atom is -0.481 e. The lowest BCUT2D eigenvalue weighted by molar-refractivity contribution is -0.137. The van der Waals surface area contributed by atoms with Gasteiger partial charge in [-0.25, -0.2) is 4.39 Å². The topological polar surface area (TPSA) is 49.3 Å². The van der Waals surface area contributed by atoms with E-state index in [0.717, 1.165) is 5.69 Å². The number of halogens is 1. The fourth-order valence-corrected chi connectivity index (χ4v) is 1.14. The Balaban J connectivity index is 2.51. The van der Waals surface area contributed by atoms with Gasteiger partial charge in [0.05, 0.1) is 6.42 Å². The molecule has 14 heavy (non-hydrogen) atoms. The van der Waals surface area contributed by atoms with Gasteiger partial charge in [0, 0.05) is 11.7 Å². The summed E-state index contributed by atoms with van der Waals surface area (Å²) in [6.45, 7) is 1.76. The Morgan fingerprint density at radius 1 is 1.50 bits per heavy atom. The number of hydrogen-bond donors (Lipinski definition) is 2. The van der Waals surface area contributed by atoms with E-state index in [4.69, 9.17) is 5.11 Å². The second-order valence-electron chi connectivity index (χ2n) is 3.15. The molecule has 0 radical (unpaired) electrons. The predicted octanol–water partition coefficient (Wildman–Crippen LogP) is 2.10. The van der Waals surface area contributed by atoms with Crippen molar-refractivity contribution in [3.05, 3.63) is 30.1 Å². The summed E-state index contributed by atoms with van der Waals surface area (Å²) in [6.07, 6.45) is 0.0391. The number of carboxylic acids is 1. The van der Waals surface area contributed by atoms with Crippen LogP contribution in [0.25, 0.3) is 0 Å². The standard InChI is InChI=1S/C10H12FNO2/c1-7(6-10(13)14)12-9-4-2-8(11)3-5-9/h2-5,7,12H,6H2,1H3,(H,13,14)/t7-/m1/s1. The van der Waals surface area contributed by atoms with E-state index in [1.54, 1.807) is 19.1 Å². The van der Waals surface area contributed by atoms with Crippen LogP contribution in [0.3, 0.4) is 0 Å². The first kappa shape index (κ1) is 10.5. The largest absolute Gasteiger partial charge is 0.481 e. The Labute approximate surface area is 81.6 Å². The highest BCUT2D eigenvalue weighted by Crippen LogP contribution is 2.10. The van der Waals surface area contributed by atoms with Crippen molar-refractivity contribution in [2.75, 3.05) is 5.32 Å². The lowest BCUT2D eigenvalue weighted by Gasteiger charge is -2.12. The van der Waals surface area contributed by atoms with Gasteiger partial charge in [0.25, 0.3) is 0 Å². The summed E-state index contributed by atoms with van der Waals surface area (Å²) >= 11 is 0. The molecule has 0 aromatic heterocycles. The number of nitrogens with one attached hydrogen (secondary N) is 1. The monoisotopic (exact) mass is 197 g/mol. The van der Waals surface area contributed by atoms with E-state index in [1.807, 2.05) is 0 Å². The Morgan fingerprint density at radius 2 is 2.07 bits per heavy atom. The van der Waals surface area contributed by atoms with Gasteiger partial charge < -0.3 is 10.4 Å². The first-order valence-electron chi connectivity index (χ1n) is 4.32. The molecule has 1 atom stereocenters. The van der Waals surface area contributed by atoms with E-state index < -0.39 is 5.97 Å². The molecular weight excluding hydrogens is 185 g/mol. The molecule has 3 nitrogen and oxygen atoms in total. The van der Waals surface area contributed by atoms with Crippen LogP contribution in [0.1, 0.15) is 13.3 Å². The number of hydrogen-bond acceptors (Lipinski definition) is 2. The van der Waals surface area contributed by atoms with E-state index in [2.05, 4.69) is 5.32 Å².